The van der Waals surface area contributed by atoms with Crippen LogP contribution in [0.1, 0.15) is 32.1 Å². The molecule has 0 radical (unpaired) electrons. The topological polar surface area (TPSA) is 87.6 Å². The number of ether oxygens (including phenoxy) is 2. The highest BCUT2D eigenvalue weighted by Gasteiger charge is 2.56. The summed E-state index contributed by atoms with van der Waals surface area (Å²) in [5.74, 6) is 0.763. The first-order chi connectivity index (χ1) is 10.1. The lowest BCUT2D eigenvalue weighted by molar-refractivity contribution is -0.385. The molecule has 1 spiro atoms. The number of nitrogens with zero attached hydrogens (tertiary/aromatic N) is 1. The van der Waals surface area contributed by atoms with Crippen LogP contribution in [0.3, 0.4) is 0 Å². The largest absolute Gasteiger partial charge is 0.490 e. The van der Waals surface area contributed by atoms with Crippen molar-refractivity contribution in [2.24, 2.45) is 11.1 Å². The number of methoxy groups -OCH3 is 1. The number of nitro groups is 1. The Morgan fingerprint density at radius 2 is 2.10 bits per heavy atom. The Bertz CT molecular complexity index is 555. The molecule has 2 saturated carbocycles. The van der Waals surface area contributed by atoms with Gasteiger partial charge in [0, 0.05) is 17.9 Å². The lowest BCUT2D eigenvalue weighted by atomic mass is 9.61. The van der Waals surface area contributed by atoms with Crippen molar-refractivity contribution in [3.05, 3.63) is 28.3 Å². The Morgan fingerprint density at radius 1 is 1.38 bits per heavy atom. The molecule has 2 unspecified atom stereocenters. The monoisotopic (exact) mass is 292 g/mol. The van der Waals surface area contributed by atoms with Crippen molar-refractivity contribution in [1.29, 1.82) is 0 Å². The van der Waals surface area contributed by atoms with Gasteiger partial charge in [-0.05, 0) is 25.0 Å². The van der Waals surface area contributed by atoms with E-state index in [1.807, 2.05) is 0 Å². The minimum Gasteiger partial charge on any atom is -0.490 e. The molecule has 0 aliphatic heterocycles. The third-order valence-corrected chi connectivity index (χ3v) is 5.01. The molecule has 6 heteroatoms. The molecule has 114 valence electrons. The van der Waals surface area contributed by atoms with Gasteiger partial charge in [-0.1, -0.05) is 12.8 Å². The van der Waals surface area contributed by atoms with Crippen LogP contribution in [0.5, 0.6) is 11.5 Å². The molecule has 2 fully saturated rings. The Balaban J connectivity index is 1.79. The molecule has 0 saturated heterocycles. The van der Waals surface area contributed by atoms with Crippen molar-refractivity contribution < 1.29 is 14.4 Å². The van der Waals surface area contributed by atoms with E-state index in [1.54, 1.807) is 12.1 Å². The van der Waals surface area contributed by atoms with Crippen LogP contribution in [0.2, 0.25) is 0 Å². The molecule has 21 heavy (non-hydrogen) atoms. The molecule has 1 aromatic rings. The van der Waals surface area contributed by atoms with Gasteiger partial charge in [0.25, 0.3) is 0 Å². The van der Waals surface area contributed by atoms with Crippen molar-refractivity contribution in [2.75, 3.05) is 7.11 Å². The van der Waals surface area contributed by atoms with Crippen molar-refractivity contribution in [2.45, 2.75) is 44.2 Å². The van der Waals surface area contributed by atoms with Gasteiger partial charge in [0.2, 0.25) is 0 Å². The van der Waals surface area contributed by atoms with E-state index in [0.717, 1.165) is 19.3 Å². The number of rotatable bonds is 4. The van der Waals surface area contributed by atoms with E-state index in [0.29, 0.717) is 5.75 Å². The van der Waals surface area contributed by atoms with Crippen LogP contribution in [-0.4, -0.2) is 24.2 Å². The Morgan fingerprint density at radius 3 is 2.67 bits per heavy atom. The van der Waals surface area contributed by atoms with Crippen molar-refractivity contribution in [1.82, 2.24) is 0 Å². The van der Waals surface area contributed by atoms with Crippen LogP contribution in [0.15, 0.2) is 18.2 Å². The van der Waals surface area contributed by atoms with Gasteiger partial charge in [-0.3, -0.25) is 10.1 Å². The normalized spacial score (nSPS) is 26.4. The van der Waals surface area contributed by atoms with Crippen molar-refractivity contribution in [3.8, 4) is 11.5 Å². The molecule has 0 bridgehead atoms. The van der Waals surface area contributed by atoms with E-state index in [9.17, 15) is 10.1 Å². The van der Waals surface area contributed by atoms with Gasteiger partial charge in [-0.15, -0.1) is 0 Å². The summed E-state index contributed by atoms with van der Waals surface area (Å²) in [5, 5.41) is 11.1. The maximum absolute atomic E-state index is 11.1. The third-order valence-electron chi connectivity index (χ3n) is 5.01. The number of hydrogen-bond donors (Lipinski definition) is 1. The molecule has 2 atom stereocenters. The standard InChI is InChI=1S/C15H20N2O4/c1-20-12-5-4-10(8-11(12)17(18)19)21-14-9-13(16)15(14)6-2-3-7-15/h4-5,8,13-14H,2-3,6-7,9,16H2,1H3. The molecule has 2 aliphatic rings. The minimum atomic E-state index is -0.455. The van der Waals surface area contributed by atoms with E-state index in [-0.39, 0.29) is 29.0 Å². The molecular formula is C15H20N2O4. The molecule has 0 amide bonds. The predicted octanol–water partition coefficient (Wildman–Crippen LogP) is 2.64. The molecule has 0 aromatic heterocycles. The number of nitrogens with two attached hydrogens (primary N) is 1. The zero-order valence-corrected chi connectivity index (χ0v) is 12.1. The maximum atomic E-state index is 11.1. The van der Waals surface area contributed by atoms with Gasteiger partial charge in [-0.2, -0.15) is 0 Å². The average molecular weight is 292 g/mol. The molecule has 2 aliphatic carbocycles. The summed E-state index contributed by atoms with van der Waals surface area (Å²) in [5.41, 5.74) is 6.19. The summed E-state index contributed by atoms with van der Waals surface area (Å²) < 4.78 is 11.0. The summed E-state index contributed by atoms with van der Waals surface area (Å²) >= 11 is 0. The predicted molar refractivity (Wildman–Crippen MR) is 77.6 cm³/mol. The number of benzene rings is 1. The molecular weight excluding hydrogens is 272 g/mol. The summed E-state index contributed by atoms with van der Waals surface area (Å²) in [6, 6.07) is 4.93. The SMILES string of the molecule is COc1ccc(OC2CC(N)C23CCCC3)cc1[N+](=O)[O-]. The lowest BCUT2D eigenvalue weighted by Gasteiger charge is -2.52. The summed E-state index contributed by atoms with van der Waals surface area (Å²) in [4.78, 5) is 10.6. The first-order valence-electron chi connectivity index (χ1n) is 7.31. The second kappa shape index (κ2) is 5.18. The average Bonchev–Trinajstić information content (AvgIpc) is 2.99. The highest BCUT2D eigenvalue weighted by atomic mass is 16.6. The van der Waals surface area contributed by atoms with E-state index in [2.05, 4.69) is 0 Å². The summed E-state index contributed by atoms with van der Waals surface area (Å²) in [6.45, 7) is 0. The minimum absolute atomic E-state index is 0.0703. The fourth-order valence-corrected chi connectivity index (χ4v) is 3.72. The first-order valence-corrected chi connectivity index (χ1v) is 7.31. The third kappa shape index (κ3) is 2.23. The highest BCUT2D eigenvalue weighted by Crippen LogP contribution is 2.54. The van der Waals surface area contributed by atoms with Gasteiger partial charge in [0.1, 0.15) is 11.9 Å². The van der Waals surface area contributed by atoms with Gasteiger partial charge in [0.05, 0.1) is 18.1 Å². The fourth-order valence-electron chi connectivity index (χ4n) is 3.72. The van der Waals surface area contributed by atoms with Gasteiger partial charge < -0.3 is 15.2 Å². The molecule has 3 rings (SSSR count). The van der Waals surface area contributed by atoms with E-state index in [1.165, 1.54) is 26.0 Å². The smallest absolute Gasteiger partial charge is 0.314 e. The number of nitro benzene ring substituents is 1. The van der Waals surface area contributed by atoms with Crippen LogP contribution in [0.25, 0.3) is 0 Å². The maximum Gasteiger partial charge on any atom is 0.314 e. The quantitative estimate of drug-likeness (QED) is 0.681. The van der Waals surface area contributed by atoms with Crippen LogP contribution in [-0.2, 0) is 0 Å². The molecule has 0 heterocycles. The van der Waals surface area contributed by atoms with E-state index in [4.69, 9.17) is 15.2 Å². The zero-order valence-electron chi connectivity index (χ0n) is 12.1. The summed E-state index contributed by atoms with van der Waals surface area (Å²) in [6.07, 6.45) is 5.46. The van der Waals surface area contributed by atoms with Gasteiger partial charge >= 0.3 is 5.69 Å². The van der Waals surface area contributed by atoms with E-state index >= 15 is 0 Å². The molecule has 1 aromatic carbocycles. The Labute approximate surface area is 123 Å². The number of hydrogen-bond acceptors (Lipinski definition) is 5. The highest BCUT2D eigenvalue weighted by molar-refractivity contribution is 5.51. The first kappa shape index (κ1) is 14.1. The van der Waals surface area contributed by atoms with Crippen LogP contribution >= 0.6 is 0 Å². The van der Waals surface area contributed by atoms with Crippen LogP contribution in [0, 0.1) is 15.5 Å². The second-order valence-corrected chi connectivity index (χ2v) is 5.98. The van der Waals surface area contributed by atoms with Crippen molar-refractivity contribution in [3.63, 3.8) is 0 Å². The lowest BCUT2D eigenvalue weighted by Crippen LogP contribution is -2.62. The zero-order chi connectivity index (χ0) is 15.0. The molecule has 2 N–H and O–H groups in total. The van der Waals surface area contributed by atoms with Crippen molar-refractivity contribution >= 4 is 5.69 Å². The van der Waals surface area contributed by atoms with Crippen LogP contribution < -0.4 is 15.2 Å². The van der Waals surface area contributed by atoms with Gasteiger partial charge in [0.15, 0.2) is 5.75 Å². The van der Waals surface area contributed by atoms with Gasteiger partial charge in [-0.25, -0.2) is 0 Å². The Kier molecular flexibility index (Phi) is 3.49. The summed E-state index contributed by atoms with van der Waals surface area (Å²) in [7, 11) is 1.42. The molecule has 6 nitrogen and oxygen atoms in total. The van der Waals surface area contributed by atoms with E-state index < -0.39 is 4.92 Å². The second-order valence-electron chi connectivity index (χ2n) is 5.98. The van der Waals surface area contributed by atoms with Crippen LogP contribution in [0.4, 0.5) is 5.69 Å². The Hall–Kier alpha value is -1.82. The fraction of sp³-hybridized carbons (Fsp3) is 0.600.